The fourth-order valence-electron chi connectivity index (χ4n) is 3.82. The number of amides is 1. The summed E-state index contributed by atoms with van der Waals surface area (Å²) in [4.78, 5) is 14.8. The second-order valence-corrected chi connectivity index (χ2v) is 6.99. The second kappa shape index (κ2) is 8.40. The van der Waals surface area contributed by atoms with E-state index in [1.54, 1.807) is 19.1 Å². The first-order chi connectivity index (χ1) is 13.0. The van der Waals surface area contributed by atoms with Crippen LogP contribution < -0.4 is 10.1 Å². The molecule has 0 spiro atoms. The van der Waals surface area contributed by atoms with E-state index >= 15 is 0 Å². The first-order valence-corrected chi connectivity index (χ1v) is 9.04. The molecular weight excluding hydrogens is 392 g/mol. The lowest BCUT2D eigenvalue weighted by Crippen LogP contribution is -2.39. The number of hydrogen-bond donors (Lipinski definition) is 1. The molecule has 28 heavy (non-hydrogen) atoms. The smallest absolute Gasteiger partial charge is 0.387 e. The molecule has 3 heterocycles. The highest BCUT2D eigenvalue weighted by molar-refractivity contribution is 5.93. The van der Waals surface area contributed by atoms with Gasteiger partial charge in [0.05, 0.1) is 11.4 Å². The first-order valence-electron chi connectivity index (χ1n) is 9.04. The molecule has 1 amide bonds. The molecule has 2 atom stereocenters. The Morgan fingerprint density at radius 1 is 1.21 bits per heavy atom. The summed E-state index contributed by atoms with van der Waals surface area (Å²) < 4.78 is 30.4. The standard InChI is InChI=1S/C18H21F2N5O2.ClH/c1-11-16(17(26)24-9-8-12-2-3-13(10-24)21-12)22-23-25(11)14-4-6-15(7-5-14)27-18(19)20;/h4-7,12-13,18,21H,2-3,8-10H2,1H3;1H. The number of nitrogens with zero attached hydrogens (tertiary/aromatic N) is 4. The van der Waals surface area contributed by atoms with Gasteiger partial charge in [-0.3, -0.25) is 4.79 Å². The Kier molecular flexibility index (Phi) is 6.14. The Hall–Kier alpha value is -2.26. The molecule has 1 aromatic carbocycles. The number of halogens is 3. The Labute approximate surface area is 167 Å². The predicted molar refractivity (Wildman–Crippen MR) is 100 cm³/mol. The number of carbonyl (C=O) groups is 1. The van der Waals surface area contributed by atoms with Gasteiger partial charge in [-0.05, 0) is 50.5 Å². The lowest BCUT2D eigenvalue weighted by molar-refractivity contribution is -0.0498. The van der Waals surface area contributed by atoms with Crippen LogP contribution in [0.15, 0.2) is 24.3 Å². The number of ether oxygens (including phenoxy) is 1. The number of likely N-dealkylation sites (tertiary alicyclic amines) is 1. The zero-order chi connectivity index (χ0) is 19.0. The molecule has 2 unspecified atom stereocenters. The number of benzene rings is 1. The molecule has 2 aliphatic heterocycles. The molecule has 2 aromatic rings. The SMILES string of the molecule is Cc1c(C(=O)N2CCC3CCC(C2)N3)nnn1-c1ccc(OC(F)F)cc1.Cl. The molecule has 2 bridgehead atoms. The van der Waals surface area contributed by atoms with Crippen LogP contribution in [0.3, 0.4) is 0 Å². The molecule has 0 aliphatic carbocycles. The fourth-order valence-corrected chi connectivity index (χ4v) is 3.82. The van der Waals surface area contributed by atoms with Gasteiger partial charge in [0.2, 0.25) is 0 Å². The van der Waals surface area contributed by atoms with Gasteiger partial charge in [-0.15, -0.1) is 17.5 Å². The molecule has 2 fully saturated rings. The Bertz CT molecular complexity index is 830. The van der Waals surface area contributed by atoms with Gasteiger partial charge in [-0.1, -0.05) is 5.21 Å². The third-order valence-electron chi connectivity index (χ3n) is 5.21. The highest BCUT2D eigenvalue weighted by Gasteiger charge is 2.33. The number of carbonyl (C=O) groups excluding carboxylic acids is 1. The van der Waals surface area contributed by atoms with E-state index in [9.17, 15) is 13.6 Å². The van der Waals surface area contributed by atoms with Crippen molar-refractivity contribution in [3.63, 3.8) is 0 Å². The Balaban J connectivity index is 0.00000225. The molecule has 1 aromatic heterocycles. The summed E-state index contributed by atoms with van der Waals surface area (Å²) >= 11 is 0. The number of fused-ring (bicyclic) bond motifs is 2. The molecule has 2 saturated heterocycles. The molecule has 0 radical (unpaired) electrons. The van der Waals surface area contributed by atoms with Crippen LogP contribution in [0.2, 0.25) is 0 Å². The summed E-state index contributed by atoms with van der Waals surface area (Å²) in [7, 11) is 0. The van der Waals surface area contributed by atoms with E-state index in [1.807, 2.05) is 4.90 Å². The van der Waals surface area contributed by atoms with E-state index in [2.05, 4.69) is 20.4 Å². The predicted octanol–water partition coefficient (Wildman–Crippen LogP) is 2.57. The molecule has 7 nitrogen and oxygen atoms in total. The fraction of sp³-hybridized carbons (Fsp3) is 0.500. The quantitative estimate of drug-likeness (QED) is 0.834. The van der Waals surface area contributed by atoms with Gasteiger partial charge >= 0.3 is 6.61 Å². The van der Waals surface area contributed by atoms with E-state index in [-0.39, 0.29) is 24.1 Å². The van der Waals surface area contributed by atoms with Crippen molar-refractivity contribution in [2.75, 3.05) is 13.1 Å². The van der Waals surface area contributed by atoms with E-state index < -0.39 is 6.61 Å². The van der Waals surface area contributed by atoms with E-state index in [4.69, 9.17) is 0 Å². The minimum atomic E-state index is -2.87. The van der Waals surface area contributed by atoms with Gasteiger partial charge in [-0.25, -0.2) is 4.68 Å². The summed E-state index contributed by atoms with van der Waals surface area (Å²) in [5, 5.41) is 11.7. The maximum absolute atomic E-state index is 12.9. The van der Waals surface area contributed by atoms with Crippen LogP contribution in [0.25, 0.3) is 5.69 Å². The lowest BCUT2D eigenvalue weighted by atomic mass is 10.1. The Morgan fingerprint density at radius 3 is 2.64 bits per heavy atom. The molecule has 2 aliphatic rings. The van der Waals surface area contributed by atoms with E-state index in [0.29, 0.717) is 42.2 Å². The van der Waals surface area contributed by atoms with Crippen LogP contribution in [-0.4, -0.2) is 57.6 Å². The summed E-state index contributed by atoms with van der Waals surface area (Å²) in [5.41, 5.74) is 1.56. The summed E-state index contributed by atoms with van der Waals surface area (Å²) in [6.07, 6.45) is 3.21. The average Bonchev–Trinajstić information content (AvgIpc) is 3.17. The van der Waals surface area contributed by atoms with Crippen LogP contribution in [0.4, 0.5) is 8.78 Å². The number of nitrogens with one attached hydrogen (secondary N) is 1. The second-order valence-electron chi connectivity index (χ2n) is 6.99. The Morgan fingerprint density at radius 2 is 1.93 bits per heavy atom. The van der Waals surface area contributed by atoms with Gasteiger partial charge in [0.25, 0.3) is 5.91 Å². The van der Waals surface area contributed by atoms with Gasteiger partial charge in [-0.2, -0.15) is 8.78 Å². The van der Waals surface area contributed by atoms with Crippen molar-refractivity contribution in [2.45, 2.75) is 44.9 Å². The third-order valence-corrected chi connectivity index (χ3v) is 5.21. The van der Waals surface area contributed by atoms with Crippen molar-refractivity contribution in [1.82, 2.24) is 25.2 Å². The van der Waals surface area contributed by atoms with Gasteiger partial charge < -0.3 is 15.0 Å². The van der Waals surface area contributed by atoms with Crippen molar-refractivity contribution in [3.05, 3.63) is 35.7 Å². The van der Waals surface area contributed by atoms with Crippen LogP contribution in [0.5, 0.6) is 5.75 Å². The highest BCUT2D eigenvalue weighted by atomic mass is 35.5. The summed E-state index contributed by atoms with van der Waals surface area (Å²) in [6.45, 7) is 0.297. The number of rotatable bonds is 4. The van der Waals surface area contributed by atoms with Gasteiger partial charge in [0.1, 0.15) is 5.75 Å². The molecule has 4 rings (SSSR count). The van der Waals surface area contributed by atoms with Crippen LogP contribution >= 0.6 is 12.4 Å². The normalized spacial score (nSPS) is 21.4. The van der Waals surface area contributed by atoms with Crippen molar-refractivity contribution in [1.29, 1.82) is 0 Å². The van der Waals surface area contributed by atoms with Crippen molar-refractivity contribution < 1.29 is 18.3 Å². The van der Waals surface area contributed by atoms with Crippen LogP contribution in [0, 0.1) is 6.92 Å². The molecule has 10 heteroatoms. The van der Waals surface area contributed by atoms with Crippen molar-refractivity contribution >= 4 is 18.3 Å². The molecule has 0 saturated carbocycles. The molecular formula is C18H22ClF2N5O2. The van der Waals surface area contributed by atoms with Crippen LogP contribution in [-0.2, 0) is 0 Å². The summed E-state index contributed by atoms with van der Waals surface area (Å²) in [6, 6.07) is 6.91. The average molecular weight is 414 g/mol. The van der Waals surface area contributed by atoms with E-state index in [0.717, 1.165) is 12.8 Å². The maximum atomic E-state index is 12.9. The highest BCUT2D eigenvalue weighted by Crippen LogP contribution is 2.23. The monoisotopic (exact) mass is 413 g/mol. The summed E-state index contributed by atoms with van der Waals surface area (Å²) in [5.74, 6) is -0.0549. The molecule has 1 N–H and O–H groups in total. The van der Waals surface area contributed by atoms with Crippen molar-refractivity contribution in [2.24, 2.45) is 0 Å². The van der Waals surface area contributed by atoms with Crippen LogP contribution in [0.1, 0.15) is 35.4 Å². The van der Waals surface area contributed by atoms with Gasteiger partial charge in [0, 0.05) is 25.2 Å². The zero-order valence-electron chi connectivity index (χ0n) is 15.3. The zero-order valence-corrected chi connectivity index (χ0v) is 16.2. The number of alkyl halides is 2. The number of hydrogen-bond acceptors (Lipinski definition) is 5. The van der Waals surface area contributed by atoms with Gasteiger partial charge in [0.15, 0.2) is 5.69 Å². The molecule has 152 valence electrons. The number of aromatic nitrogens is 3. The first kappa shape index (κ1) is 20.5. The maximum Gasteiger partial charge on any atom is 0.387 e. The lowest BCUT2D eigenvalue weighted by Gasteiger charge is -2.23. The third kappa shape index (κ3) is 4.10. The largest absolute Gasteiger partial charge is 0.435 e. The van der Waals surface area contributed by atoms with E-state index in [1.165, 1.54) is 23.2 Å². The minimum Gasteiger partial charge on any atom is -0.435 e. The topological polar surface area (TPSA) is 72.3 Å². The minimum absolute atomic E-state index is 0. The van der Waals surface area contributed by atoms with Crippen molar-refractivity contribution in [3.8, 4) is 11.4 Å².